The summed E-state index contributed by atoms with van der Waals surface area (Å²) in [5.74, 6) is 2.39. The fourth-order valence-electron chi connectivity index (χ4n) is 2.35. The molecule has 0 unspecified atom stereocenters. The summed E-state index contributed by atoms with van der Waals surface area (Å²) in [5.41, 5.74) is 18.4. The Morgan fingerprint density at radius 2 is 1.69 bits per heavy atom. The van der Waals surface area contributed by atoms with Crippen LogP contribution >= 0.6 is 0 Å². The van der Waals surface area contributed by atoms with Crippen LogP contribution in [-0.4, -0.2) is 42.6 Å². The van der Waals surface area contributed by atoms with Crippen LogP contribution in [-0.2, 0) is 6.54 Å². The van der Waals surface area contributed by atoms with Gasteiger partial charge in [0.25, 0.3) is 0 Å². The van der Waals surface area contributed by atoms with Gasteiger partial charge in [-0.2, -0.15) is 0 Å². The van der Waals surface area contributed by atoms with Crippen molar-refractivity contribution in [2.75, 3.05) is 18.0 Å². The number of anilines is 2. The van der Waals surface area contributed by atoms with E-state index in [1.807, 2.05) is 31.5 Å². The van der Waals surface area contributed by atoms with Gasteiger partial charge in [-0.15, -0.1) is 0 Å². The monoisotopic (exact) mass is 404 g/mol. The first-order valence-electron chi connectivity index (χ1n) is 9.19. The molecule has 0 aromatic carbocycles. The van der Waals surface area contributed by atoms with Gasteiger partial charge in [-0.25, -0.2) is 14.2 Å². The highest BCUT2D eigenvalue weighted by molar-refractivity contribution is 5.99. The molecule has 6 N–H and O–H groups in total. The molecule has 3 heterocycles. The van der Waals surface area contributed by atoms with E-state index in [0.29, 0.717) is 35.6 Å². The Labute approximate surface area is 168 Å². The molecular formula is C17H28N10O2. The van der Waals surface area contributed by atoms with Crippen molar-refractivity contribution in [2.24, 2.45) is 22.6 Å². The van der Waals surface area contributed by atoms with Crippen LogP contribution in [0.2, 0.25) is 0 Å². The van der Waals surface area contributed by atoms with Gasteiger partial charge < -0.3 is 21.8 Å². The Morgan fingerprint density at radius 1 is 1.03 bits per heavy atom. The molecule has 0 radical (unpaired) electrons. The number of nitrogens with two attached hydrogens (primary N) is 3. The van der Waals surface area contributed by atoms with Crippen LogP contribution in [0.4, 0.5) is 11.6 Å². The molecule has 0 bridgehead atoms. The van der Waals surface area contributed by atoms with Gasteiger partial charge in [-0.05, 0) is 39.4 Å². The number of aromatic nitrogens is 6. The average Bonchev–Trinajstić information content (AvgIpc) is 3.33. The highest BCUT2D eigenvalue weighted by atomic mass is 16.6. The zero-order chi connectivity index (χ0) is 21.6. The van der Waals surface area contributed by atoms with E-state index in [9.17, 15) is 0 Å². The summed E-state index contributed by atoms with van der Waals surface area (Å²) in [6.45, 7) is 11.8. The fraction of sp³-hybridized carbons (Fsp3) is 0.529. The summed E-state index contributed by atoms with van der Waals surface area (Å²) in [6, 6.07) is 0. The lowest BCUT2D eigenvalue weighted by atomic mass is 10.2. The first kappa shape index (κ1) is 21.9. The molecule has 0 aliphatic rings. The Kier molecular flexibility index (Phi) is 7.28. The SMILES string of the molecule is CC(C)CN=C(N)c1nonc1N.Cc1cn(CC(C)C)c(-c2nonc2N)n1. The van der Waals surface area contributed by atoms with E-state index in [-0.39, 0.29) is 17.5 Å². The van der Waals surface area contributed by atoms with Crippen molar-refractivity contribution in [1.29, 1.82) is 0 Å². The van der Waals surface area contributed by atoms with E-state index in [2.05, 4.69) is 53.7 Å². The van der Waals surface area contributed by atoms with Crippen LogP contribution in [0.5, 0.6) is 0 Å². The van der Waals surface area contributed by atoms with E-state index in [1.165, 1.54) is 0 Å². The average molecular weight is 404 g/mol. The van der Waals surface area contributed by atoms with Crippen molar-refractivity contribution >= 4 is 17.5 Å². The lowest BCUT2D eigenvalue weighted by Gasteiger charge is -2.08. The van der Waals surface area contributed by atoms with Gasteiger partial charge in [-0.1, -0.05) is 27.7 Å². The Hall–Kier alpha value is -3.44. The minimum absolute atomic E-state index is 0.171. The van der Waals surface area contributed by atoms with Crippen molar-refractivity contribution < 1.29 is 9.26 Å². The molecule has 0 aliphatic carbocycles. The second kappa shape index (κ2) is 9.66. The van der Waals surface area contributed by atoms with Crippen LogP contribution < -0.4 is 17.2 Å². The maximum absolute atomic E-state index is 5.66. The summed E-state index contributed by atoms with van der Waals surface area (Å²) in [6.07, 6.45) is 1.98. The second-order valence-corrected chi connectivity index (χ2v) is 7.37. The predicted molar refractivity (Wildman–Crippen MR) is 109 cm³/mol. The number of nitrogens with zero attached hydrogens (tertiary/aromatic N) is 7. The maximum atomic E-state index is 5.66. The topological polar surface area (TPSA) is 186 Å². The summed E-state index contributed by atoms with van der Waals surface area (Å²) in [5, 5.41) is 14.3. The number of hydrogen-bond donors (Lipinski definition) is 3. The van der Waals surface area contributed by atoms with Gasteiger partial charge in [0.2, 0.25) is 0 Å². The van der Waals surface area contributed by atoms with Gasteiger partial charge in [0.1, 0.15) is 0 Å². The third-order valence-corrected chi connectivity index (χ3v) is 3.57. The molecule has 3 aromatic heterocycles. The number of nitrogen functional groups attached to an aromatic ring is 2. The molecular weight excluding hydrogens is 376 g/mol. The third kappa shape index (κ3) is 6.02. The van der Waals surface area contributed by atoms with Crippen molar-refractivity contribution in [3.63, 3.8) is 0 Å². The van der Waals surface area contributed by atoms with Gasteiger partial charge >= 0.3 is 0 Å². The Balaban J connectivity index is 0.000000212. The minimum atomic E-state index is 0.171. The van der Waals surface area contributed by atoms with Crippen molar-refractivity contribution in [3.05, 3.63) is 17.6 Å². The molecule has 0 aliphatic heterocycles. The van der Waals surface area contributed by atoms with Crippen molar-refractivity contribution in [3.8, 4) is 11.5 Å². The molecule has 0 spiro atoms. The van der Waals surface area contributed by atoms with E-state index in [0.717, 1.165) is 12.2 Å². The molecule has 12 nitrogen and oxygen atoms in total. The zero-order valence-electron chi connectivity index (χ0n) is 17.3. The molecule has 29 heavy (non-hydrogen) atoms. The lowest BCUT2D eigenvalue weighted by molar-refractivity contribution is 0.308. The quantitative estimate of drug-likeness (QED) is 0.401. The van der Waals surface area contributed by atoms with Gasteiger partial charge in [0, 0.05) is 19.3 Å². The lowest BCUT2D eigenvalue weighted by Crippen LogP contribution is -2.17. The van der Waals surface area contributed by atoms with Crippen LogP contribution in [0.1, 0.15) is 39.1 Å². The largest absolute Gasteiger partial charge is 0.382 e. The van der Waals surface area contributed by atoms with E-state index < -0.39 is 0 Å². The highest BCUT2D eigenvalue weighted by Crippen LogP contribution is 2.22. The van der Waals surface area contributed by atoms with E-state index in [4.69, 9.17) is 17.2 Å². The minimum Gasteiger partial charge on any atom is -0.382 e. The maximum Gasteiger partial charge on any atom is 0.199 e. The first-order valence-corrected chi connectivity index (χ1v) is 9.19. The molecule has 0 atom stereocenters. The summed E-state index contributed by atoms with van der Waals surface area (Å²) < 4.78 is 11.0. The van der Waals surface area contributed by atoms with E-state index >= 15 is 0 Å². The number of hydrogen-bond acceptors (Lipinski definition) is 10. The second-order valence-electron chi connectivity index (χ2n) is 7.37. The molecule has 3 rings (SSSR count). The molecule has 3 aromatic rings. The molecule has 0 saturated carbocycles. The van der Waals surface area contributed by atoms with Crippen molar-refractivity contribution in [2.45, 2.75) is 41.2 Å². The summed E-state index contributed by atoms with van der Waals surface area (Å²) in [7, 11) is 0. The van der Waals surface area contributed by atoms with Crippen LogP contribution in [0.15, 0.2) is 20.4 Å². The molecule has 158 valence electrons. The van der Waals surface area contributed by atoms with Crippen molar-refractivity contribution in [1.82, 2.24) is 30.2 Å². The summed E-state index contributed by atoms with van der Waals surface area (Å²) >= 11 is 0. The normalized spacial score (nSPS) is 11.8. The molecule has 0 fully saturated rings. The highest BCUT2D eigenvalue weighted by Gasteiger charge is 2.16. The Bertz CT molecular complexity index is 938. The van der Waals surface area contributed by atoms with Gasteiger partial charge in [0.05, 0.1) is 5.69 Å². The summed E-state index contributed by atoms with van der Waals surface area (Å²) in [4.78, 5) is 8.47. The Morgan fingerprint density at radius 3 is 2.21 bits per heavy atom. The van der Waals surface area contributed by atoms with E-state index in [1.54, 1.807) is 0 Å². The first-order chi connectivity index (χ1) is 13.7. The van der Waals surface area contributed by atoms with Crippen LogP contribution in [0, 0.1) is 18.8 Å². The smallest absolute Gasteiger partial charge is 0.199 e. The number of aliphatic imine (C=N–C) groups is 1. The number of aryl methyl sites for hydroxylation is 1. The fourth-order valence-corrected chi connectivity index (χ4v) is 2.35. The van der Waals surface area contributed by atoms with Gasteiger partial charge in [0.15, 0.2) is 34.7 Å². The number of amidine groups is 1. The molecule has 0 saturated heterocycles. The van der Waals surface area contributed by atoms with Crippen LogP contribution in [0.3, 0.4) is 0 Å². The predicted octanol–water partition coefficient (Wildman–Crippen LogP) is 1.49. The molecule has 12 heteroatoms. The van der Waals surface area contributed by atoms with Crippen LogP contribution in [0.25, 0.3) is 11.5 Å². The number of rotatable bonds is 6. The number of imidazole rings is 1. The standard InChI is InChI=1S/C10H15N5O.C7H13N5O/c1-6(2)4-15-5-7(3)12-10(15)8-9(11)14-16-13-8;1-4(2)3-10-6(8)5-7(9)12-13-11-5/h5-6H,4H2,1-3H3,(H2,11,14);4H,3H2,1-2H3,(H2,8,10)(H2,9,12). The third-order valence-electron chi connectivity index (χ3n) is 3.57. The van der Waals surface area contributed by atoms with Gasteiger partial charge in [-0.3, -0.25) is 4.99 Å². The molecule has 0 amide bonds. The zero-order valence-corrected chi connectivity index (χ0v) is 17.3.